The maximum absolute atomic E-state index is 12.0. The summed E-state index contributed by atoms with van der Waals surface area (Å²) in [5.41, 5.74) is 3.16. The Morgan fingerprint density at radius 2 is 1.92 bits per heavy atom. The highest BCUT2D eigenvalue weighted by Crippen LogP contribution is 2.22. The van der Waals surface area contributed by atoms with E-state index in [-0.39, 0.29) is 5.91 Å². The van der Waals surface area contributed by atoms with Gasteiger partial charge in [0, 0.05) is 47.7 Å². The van der Waals surface area contributed by atoms with Crippen LogP contribution < -0.4 is 5.32 Å². The summed E-state index contributed by atoms with van der Waals surface area (Å²) in [6, 6.07) is 11.7. The summed E-state index contributed by atoms with van der Waals surface area (Å²) in [4.78, 5) is 20.6. The molecule has 0 spiro atoms. The molecule has 0 fully saturated rings. The zero-order valence-electron chi connectivity index (χ0n) is 14.3. The second-order valence-electron chi connectivity index (χ2n) is 5.92. The molecule has 3 aromatic rings. The lowest BCUT2D eigenvalue weighted by atomic mass is 10.1. The van der Waals surface area contributed by atoms with Gasteiger partial charge in [-0.1, -0.05) is 29.8 Å². The molecule has 1 aromatic carbocycles. The Bertz CT molecular complexity index is 851. The van der Waals surface area contributed by atoms with Gasteiger partial charge in [0.1, 0.15) is 5.01 Å². The maximum Gasteiger partial charge on any atom is 0.220 e. The Morgan fingerprint density at radius 3 is 2.73 bits per heavy atom. The molecule has 1 N–H and O–H groups in total. The van der Waals surface area contributed by atoms with Gasteiger partial charge in [-0.3, -0.25) is 9.78 Å². The lowest BCUT2D eigenvalue weighted by Gasteiger charge is -2.05. The minimum absolute atomic E-state index is 0.0710. The third kappa shape index (κ3) is 5.38. The highest BCUT2D eigenvalue weighted by Gasteiger charge is 2.06. The van der Waals surface area contributed by atoms with Gasteiger partial charge in [0.15, 0.2) is 0 Å². The summed E-state index contributed by atoms with van der Waals surface area (Å²) < 4.78 is 0. The number of aryl methyl sites for hydroxylation is 1. The molecule has 0 aliphatic heterocycles. The molecule has 0 aliphatic carbocycles. The van der Waals surface area contributed by atoms with Crippen molar-refractivity contribution in [1.82, 2.24) is 15.3 Å². The first kappa shape index (κ1) is 18.5. The Hall–Kier alpha value is -2.24. The average Bonchev–Trinajstić information content (AvgIpc) is 3.13. The second-order valence-corrected chi connectivity index (χ2v) is 7.19. The van der Waals surface area contributed by atoms with E-state index >= 15 is 0 Å². The van der Waals surface area contributed by atoms with Gasteiger partial charge in [0.25, 0.3) is 0 Å². The second kappa shape index (κ2) is 9.46. The SMILES string of the molecule is O=C(CCCc1ccccc1Cl)NCCc1csc(-c2ccncc2)n1. The Morgan fingerprint density at radius 1 is 1.12 bits per heavy atom. The van der Waals surface area contributed by atoms with Crippen LogP contribution in [0.25, 0.3) is 10.6 Å². The number of halogens is 1. The van der Waals surface area contributed by atoms with Crippen LogP contribution in [-0.4, -0.2) is 22.4 Å². The number of carbonyl (C=O) groups excluding carboxylic acids is 1. The van der Waals surface area contributed by atoms with Crippen molar-refractivity contribution >= 4 is 28.8 Å². The fourth-order valence-electron chi connectivity index (χ4n) is 2.61. The number of rotatable bonds is 8. The zero-order chi connectivity index (χ0) is 18.2. The van der Waals surface area contributed by atoms with Gasteiger partial charge >= 0.3 is 0 Å². The third-order valence-electron chi connectivity index (χ3n) is 3.99. The molecular weight excluding hydrogens is 366 g/mol. The smallest absolute Gasteiger partial charge is 0.220 e. The first-order valence-corrected chi connectivity index (χ1v) is 9.83. The van der Waals surface area contributed by atoms with Gasteiger partial charge < -0.3 is 5.32 Å². The summed E-state index contributed by atoms with van der Waals surface area (Å²) in [6.45, 7) is 0.602. The van der Waals surface area contributed by atoms with Gasteiger partial charge in [-0.25, -0.2) is 4.98 Å². The number of hydrogen-bond acceptors (Lipinski definition) is 4. The van der Waals surface area contributed by atoms with Crippen LogP contribution in [0.2, 0.25) is 5.02 Å². The summed E-state index contributed by atoms with van der Waals surface area (Å²) >= 11 is 7.74. The minimum atomic E-state index is 0.0710. The highest BCUT2D eigenvalue weighted by molar-refractivity contribution is 7.13. The Kier molecular flexibility index (Phi) is 6.75. The fourth-order valence-corrected chi connectivity index (χ4v) is 3.70. The molecule has 0 unspecified atom stereocenters. The monoisotopic (exact) mass is 385 g/mol. The van der Waals surface area contributed by atoms with Crippen molar-refractivity contribution in [2.45, 2.75) is 25.7 Å². The van der Waals surface area contributed by atoms with Crippen molar-refractivity contribution in [3.05, 3.63) is 70.5 Å². The molecular formula is C20H20ClN3OS. The van der Waals surface area contributed by atoms with E-state index in [1.54, 1.807) is 23.7 Å². The minimum Gasteiger partial charge on any atom is -0.356 e. The summed E-state index contributed by atoms with van der Waals surface area (Å²) in [5, 5.41) is 6.75. The average molecular weight is 386 g/mol. The zero-order valence-corrected chi connectivity index (χ0v) is 15.9. The molecule has 0 saturated carbocycles. The number of benzene rings is 1. The van der Waals surface area contributed by atoms with Crippen molar-refractivity contribution in [2.24, 2.45) is 0 Å². The van der Waals surface area contributed by atoms with Gasteiger partial charge in [0.05, 0.1) is 5.69 Å². The lowest BCUT2D eigenvalue weighted by Crippen LogP contribution is -2.25. The van der Waals surface area contributed by atoms with Crippen molar-refractivity contribution in [3.63, 3.8) is 0 Å². The highest BCUT2D eigenvalue weighted by atomic mass is 35.5. The molecule has 134 valence electrons. The summed E-state index contributed by atoms with van der Waals surface area (Å²) in [5.74, 6) is 0.0710. The van der Waals surface area contributed by atoms with Crippen LogP contribution in [0.15, 0.2) is 54.2 Å². The van der Waals surface area contributed by atoms with Crippen molar-refractivity contribution in [2.75, 3.05) is 6.54 Å². The van der Waals surface area contributed by atoms with Crippen LogP contribution in [-0.2, 0) is 17.6 Å². The predicted octanol–water partition coefficient (Wildman–Crippen LogP) is 4.54. The number of nitrogens with zero attached hydrogens (tertiary/aromatic N) is 2. The molecule has 0 atom stereocenters. The number of nitrogens with one attached hydrogen (secondary N) is 1. The van der Waals surface area contributed by atoms with Crippen LogP contribution in [0.3, 0.4) is 0 Å². The normalized spacial score (nSPS) is 10.7. The van der Waals surface area contributed by atoms with Gasteiger partial charge in [0.2, 0.25) is 5.91 Å². The van der Waals surface area contributed by atoms with E-state index in [2.05, 4.69) is 15.3 Å². The molecule has 3 rings (SSSR count). The van der Waals surface area contributed by atoms with Crippen LogP contribution in [0, 0.1) is 0 Å². The number of amides is 1. The number of pyridine rings is 1. The quantitative estimate of drug-likeness (QED) is 0.619. The first-order valence-electron chi connectivity index (χ1n) is 8.57. The predicted molar refractivity (Wildman–Crippen MR) is 106 cm³/mol. The van der Waals surface area contributed by atoms with E-state index in [0.717, 1.165) is 46.1 Å². The largest absolute Gasteiger partial charge is 0.356 e. The number of hydrogen-bond donors (Lipinski definition) is 1. The van der Waals surface area contributed by atoms with E-state index in [0.29, 0.717) is 13.0 Å². The topological polar surface area (TPSA) is 54.9 Å². The molecule has 26 heavy (non-hydrogen) atoms. The first-order chi connectivity index (χ1) is 12.7. The maximum atomic E-state index is 12.0. The number of carbonyl (C=O) groups is 1. The van der Waals surface area contributed by atoms with E-state index in [1.807, 2.05) is 41.8 Å². The van der Waals surface area contributed by atoms with E-state index in [9.17, 15) is 4.79 Å². The Labute approximate surface area is 162 Å². The lowest BCUT2D eigenvalue weighted by molar-refractivity contribution is -0.121. The fraction of sp³-hybridized carbons (Fsp3) is 0.250. The van der Waals surface area contributed by atoms with Crippen molar-refractivity contribution in [1.29, 1.82) is 0 Å². The van der Waals surface area contributed by atoms with Crippen molar-refractivity contribution < 1.29 is 4.79 Å². The van der Waals surface area contributed by atoms with E-state index in [4.69, 9.17) is 11.6 Å². The summed E-state index contributed by atoms with van der Waals surface area (Å²) in [7, 11) is 0. The van der Waals surface area contributed by atoms with E-state index < -0.39 is 0 Å². The molecule has 6 heteroatoms. The van der Waals surface area contributed by atoms with Gasteiger partial charge in [-0.15, -0.1) is 11.3 Å². The van der Waals surface area contributed by atoms with Crippen molar-refractivity contribution in [3.8, 4) is 10.6 Å². The standard InChI is InChI=1S/C20H20ClN3OS/c21-18-6-2-1-4-15(18)5-3-7-19(25)23-13-10-17-14-26-20(24-17)16-8-11-22-12-9-16/h1-2,4,6,8-9,11-12,14H,3,5,7,10,13H2,(H,23,25). The van der Waals surface area contributed by atoms with Crippen LogP contribution in [0.4, 0.5) is 0 Å². The van der Waals surface area contributed by atoms with Gasteiger partial charge in [-0.05, 0) is 36.6 Å². The Balaban J connectivity index is 1.38. The number of aromatic nitrogens is 2. The molecule has 2 aromatic heterocycles. The molecule has 0 radical (unpaired) electrons. The van der Waals surface area contributed by atoms with Crippen LogP contribution in [0.5, 0.6) is 0 Å². The molecule has 0 saturated heterocycles. The molecule has 1 amide bonds. The van der Waals surface area contributed by atoms with Gasteiger partial charge in [-0.2, -0.15) is 0 Å². The number of thiazole rings is 1. The molecule has 4 nitrogen and oxygen atoms in total. The molecule has 2 heterocycles. The summed E-state index contributed by atoms with van der Waals surface area (Å²) in [6.07, 6.45) is 6.37. The third-order valence-corrected chi connectivity index (χ3v) is 5.30. The van der Waals surface area contributed by atoms with Crippen LogP contribution in [0.1, 0.15) is 24.1 Å². The molecule has 0 aliphatic rings. The van der Waals surface area contributed by atoms with Crippen LogP contribution >= 0.6 is 22.9 Å². The molecule has 0 bridgehead atoms. The van der Waals surface area contributed by atoms with E-state index in [1.165, 1.54) is 0 Å².